The van der Waals surface area contributed by atoms with Crippen molar-refractivity contribution in [2.24, 2.45) is 5.92 Å². The van der Waals surface area contributed by atoms with Crippen molar-refractivity contribution in [3.8, 4) is 0 Å². The molecule has 2 aromatic carbocycles. The molecule has 148 valence electrons. The molecule has 2 atom stereocenters. The second-order valence-corrected chi connectivity index (χ2v) is 7.96. The maximum Gasteiger partial charge on any atom is 0.253 e. The second kappa shape index (κ2) is 7.64. The first-order valence-corrected chi connectivity index (χ1v) is 9.75. The van der Waals surface area contributed by atoms with E-state index in [0.29, 0.717) is 30.3 Å². The highest BCUT2D eigenvalue weighted by atomic mass is 19.1. The molecule has 5 heteroatoms. The number of likely N-dealkylation sites (tertiary alicyclic amines) is 1. The normalized spacial score (nSPS) is 23.0. The standard InChI is InChI=1S/C23H26FNO3/c1-16-3-6-19(7-4-16)23-12-20(23)13-25(15-23)22(26)17-5-8-21(24)18(11-17)14-28-10-9-27-2/h3-8,11,20H,9-10,12-15H2,1-2H3/t20-,23+/m0/s1. The predicted molar refractivity (Wildman–Crippen MR) is 105 cm³/mol. The third-order valence-electron chi connectivity index (χ3n) is 6.04. The van der Waals surface area contributed by atoms with Crippen LogP contribution < -0.4 is 0 Å². The summed E-state index contributed by atoms with van der Waals surface area (Å²) in [4.78, 5) is 14.9. The number of halogens is 1. The Balaban J connectivity index is 1.45. The topological polar surface area (TPSA) is 38.8 Å². The summed E-state index contributed by atoms with van der Waals surface area (Å²) in [7, 11) is 1.59. The molecule has 1 heterocycles. The van der Waals surface area contributed by atoms with E-state index in [0.717, 1.165) is 19.5 Å². The Morgan fingerprint density at radius 1 is 1.21 bits per heavy atom. The van der Waals surface area contributed by atoms with Crippen molar-refractivity contribution < 1.29 is 18.7 Å². The minimum absolute atomic E-state index is 0.0307. The number of rotatable bonds is 7. The van der Waals surface area contributed by atoms with E-state index in [1.54, 1.807) is 19.2 Å². The quantitative estimate of drug-likeness (QED) is 0.684. The van der Waals surface area contributed by atoms with E-state index in [1.165, 1.54) is 17.2 Å². The van der Waals surface area contributed by atoms with Crippen molar-refractivity contribution in [1.29, 1.82) is 0 Å². The van der Waals surface area contributed by atoms with Crippen molar-refractivity contribution in [2.45, 2.75) is 25.4 Å². The van der Waals surface area contributed by atoms with Crippen LogP contribution in [0.2, 0.25) is 0 Å². The number of fused-ring (bicyclic) bond motifs is 1. The van der Waals surface area contributed by atoms with Gasteiger partial charge in [0.05, 0.1) is 19.8 Å². The lowest BCUT2D eigenvalue weighted by atomic mass is 9.94. The lowest BCUT2D eigenvalue weighted by Crippen LogP contribution is -2.33. The summed E-state index contributed by atoms with van der Waals surface area (Å²) >= 11 is 0. The maximum atomic E-state index is 14.1. The number of ether oxygens (including phenoxy) is 2. The van der Waals surface area contributed by atoms with Gasteiger partial charge in [0.15, 0.2) is 0 Å². The molecule has 28 heavy (non-hydrogen) atoms. The van der Waals surface area contributed by atoms with E-state index < -0.39 is 0 Å². The molecule has 0 bridgehead atoms. The molecule has 0 radical (unpaired) electrons. The molecule has 0 spiro atoms. The van der Waals surface area contributed by atoms with Gasteiger partial charge in [0.25, 0.3) is 5.91 Å². The van der Waals surface area contributed by atoms with Crippen LogP contribution in [0.4, 0.5) is 4.39 Å². The van der Waals surface area contributed by atoms with Gasteiger partial charge in [-0.3, -0.25) is 4.79 Å². The van der Waals surface area contributed by atoms with Crippen molar-refractivity contribution in [3.05, 3.63) is 70.5 Å². The average molecular weight is 383 g/mol. The van der Waals surface area contributed by atoms with Gasteiger partial charge in [0.1, 0.15) is 5.82 Å². The van der Waals surface area contributed by atoms with Crippen LogP contribution in [-0.2, 0) is 21.5 Å². The first-order chi connectivity index (χ1) is 13.5. The third kappa shape index (κ3) is 3.56. The maximum absolute atomic E-state index is 14.1. The number of piperidine rings is 1. The van der Waals surface area contributed by atoms with Gasteiger partial charge in [0, 0.05) is 36.7 Å². The minimum Gasteiger partial charge on any atom is -0.382 e. The van der Waals surface area contributed by atoms with Crippen molar-refractivity contribution in [1.82, 2.24) is 4.90 Å². The van der Waals surface area contributed by atoms with Crippen LogP contribution in [0, 0.1) is 18.7 Å². The first-order valence-electron chi connectivity index (χ1n) is 9.75. The number of amides is 1. The van der Waals surface area contributed by atoms with Crippen LogP contribution >= 0.6 is 0 Å². The van der Waals surface area contributed by atoms with Gasteiger partial charge >= 0.3 is 0 Å². The molecule has 2 aliphatic rings. The summed E-state index contributed by atoms with van der Waals surface area (Å²) in [6.45, 7) is 4.56. The second-order valence-electron chi connectivity index (χ2n) is 7.96. The van der Waals surface area contributed by atoms with E-state index in [1.807, 2.05) is 4.90 Å². The van der Waals surface area contributed by atoms with Gasteiger partial charge in [-0.15, -0.1) is 0 Å². The fraction of sp³-hybridized carbons (Fsp3) is 0.435. The lowest BCUT2D eigenvalue weighted by Gasteiger charge is -2.22. The van der Waals surface area contributed by atoms with Gasteiger partial charge in [-0.2, -0.15) is 0 Å². The van der Waals surface area contributed by atoms with Crippen LogP contribution in [0.1, 0.15) is 33.5 Å². The molecule has 1 amide bonds. The highest BCUT2D eigenvalue weighted by Crippen LogP contribution is 2.59. The Bertz CT molecular complexity index is 867. The van der Waals surface area contributed by atoms with Crippen molar-refractivity contribution >= 4 is 5.91 Å². The molecular weight excluding hydrogens is 357 g/mol. The summed E-state index contributed by atoms with van der Waals surface area (Å²) in [6, 6.07) is 13.2. The zero-order chi connectivity index (χ0) is 19.7. The number of aryl methyl sites for hydroxylation is 1. The van der Waals surface area contributed by atoms with E-state index in [9.17, 15) is 9.18 Å². The Hall–Kier alpha value is -2.24. The zero-order valence-electron chi connectivity index (χ0n) is 16.4. The van der Waals surface area contributed by atoms with Crippen LogP contribution in [0.5, 0.6) is 0 Å². The number of benzene rings is 2. The van der Waals surface area contributed by atoms with E-state index in [2.05, 4.69) is 31.2 Å². The zero-order valence-corrected chi connectivity index (χ0v) is 16.4. The smallest absolute Gasteiger partial charge is 0.253 e. The molecule has 1 saturated heterocycles. The highest BCUT2D eigenvalue weighted by molar-refractivity contribution is 5.95. The fourth-order valence-corrected chi connectivity index (χ4v) is 4.30. The van der Waals surface area contributed by atoms with Gasteiger partial charge in [-0.1, -0.05) is 29.8 Å². The number of carbonyl (C=O) groups is 1. The Labute approximate surface area is 165 Å². The summed E-state index contributed by atoms with van der Waals surface area (Å²) in [6.07, 6.45) is 1.14. The van der Waals surface area contributed by atoms with Gasteiger partial charge in [-0.05, 0) is 43.0 Å². The van der Waals surface area contributed by atoms with Crippen LogP contribution in [-0.4, -0.2) is 44.2 Å². The number of hydrogen-bond donors (Lipinski definition) is 0. The predicted octanol–water partition coefficient (Wildman–Crippen LogP) is 3.71. The van der Waals surface area contributed by atoms with E-state index in [4.69, 9.17) is 9.47 Å². The summed E-state index contributed by atoms with van der Waals surface area (Å²) in [5, 5.41) is 0. The summed E-state index contributed by atoms with van der Waals surface area (Å²) in [5.41, 5.74) is 3.60. The molecule has 1 saturated carbocycles. The van der Waals surface area contributed by atoms with E-state index in [-0.39, 0.29) is 23.7 Å². The molecule has 2 aromatic rings. The van der Waals surface area contributed by atoms with Gasteiger partial charge in [0.2, 0.25) is 0 Å². The minimum atomic E-state index is -0.352. The Morgan fingerprint density at radius 3 is 2.75 bits per heavy atom. The van der Waals surface area contributed by atoms with E-state index >= 15 is 0 Å². The highest BCUT2D eigenvalue weighted by Gasteiger charge is 2.61. The summed E-state index contributed by atoms with van der Waals surface area (Å²) in [5.74, 6) is 0.141. The van der Waals surface area contributed by atoms with Gasteiger partial charge < -0.3 is 14.4 Å². The van der Waals surface area contributed by atoms with Crippen LogP contribution in [0.3, 0.4) is 0 Å². The molecule has 1 aliphatic carbocycles. The van der Waals surface area contributed by atoms with Crippen LogP contribution in [0.15, 0.2) is 42.5 Å². The lowest BCUT2D eigenvalue weighted by molar-refractivity contribution is 0.0603. The molecule has 2 fully saturated rings. The van der Waals surface area contributed by atoms with Crippen molar-refractivity contribution in [2.75, 3.05) is 33.4 Å². The molecule has 4 rings (SSSR count). The fourth-order valence-electron chi connectivity index (χ4n) is 4.30. The molecule has 4 nitrogen and oxygen atoms in total. The number of methoxy groups -OCH3 is 1. The summed E-state index contributed by atoms with van der Waals surface area (Å²) < 4.78 is 24.4. The molecule has 0 unspecified atom stereocenters. The Morgan fingerprint density at radius 2 is 2.00 bits per heavy atom. The number of hydrogen-bond acceptors (Lipinski definition) is 3. The molecule has 0 aromatic heterocycles. The molecular formula is C23H26FNO3. The largest absolute Gasteiger partial charge is 0.382 e. The van der Waals surface area contributed by atoms with Crippen molar-refractivity contribution in [3.63, 3.8) is 0 Å². The molecule has 0 N–H and O–H groups in total. The average Bonchev–Trinajstić information content (AvgIpc) is 3.27. The monoisotopic (exact) mass is 383 g/mol. The SMILES string of the molecule is COCCOCc1cc(C(=O)N2C[C@@H]3C[C@]3(c3ccc(C)cc3)C2)ccc1F. The molecule has 1 aliphatic heterocycles. The third-order valence-corrected chi connectivity index (χ3v) is 6.04. The number of nitrogens with zero attached hydrogens (tertiary/aromatic N) is 1. The van der Waals surface area contributed by atoms with Gasteiger partial charge in [-0.25, -0.2) is 4.39 Å². The first kappa shape index (κ1) is 19.1. The number of carbonyl (C=O) groups excluding carboxylic acids is 1. The van der Waals surface area contributed by atoms with Crippen LogP contribution in [0.25, 0.3) is 0 Å². The Kier molecular flexibility index (Phi) is 5.21.